The van der Waals surface area contributed by atoms with Crippen molar-refractivity contribution in [1.82, 2.24) is 15.2 Å². The molecule has 2 rings (SSSR count). The Morgan fingerprint density at radius 3 is 2.42 bits per heavy atom. The van der Waals surface area contributed by atoms with Crippen LogP contribution in [0.15, 0.2) is 29.6 Å². The van der Waals surface area contributed by atoms with Crippen LogP contribution >= 0.6 is 11.3 Å². The van der Waals surface area contributed by atoms with Crippen LogP contribution in [0.1, 0.15) is 29.2 Å². The number of hydrogen-bond donors (Lipinski definition) is 2. The van der Waals surface area contributed by atoms with Crippen molar-refractivity contribution in [1.29, 1.82) is 0 Å². The summed E-state index contributed by atoms with van der Waals surface area (Å²) in [6, 6.07) is 5.90. The predicted octanol–water partition coefficient (Wildman–Crippen LogP) is 2.17. The Bertz CT molecular complexity index is 801. The number of benzene rings is 1. The van der Waals surface area contributed by atoms with Crippen molar-refractivity contribution in [2.24, 2.45) is 0 Å². The molecule has 2 aromatic rings. The zero-order chi connectivity index (χ0) is 19.3. The van der Waals surface area contributed by atoms with E-state index in [0.717, 1.165) is 16.3 Å². The van der Waals surface area contributed by atoms with E-state index >= 15 is 0 Å². The minimum Gasteiger partial charge on any atom is -0.480 e. The number of carbonyl (C=O) groups excluding carboxylic acids is 2. The number of carbonyl (C=O) groups is 3. The number of hydrogen-bond acceptors (Lipinski definition) is 5. The lowest BCUT2D eigenvalue weighted by Gasteiger charge is -2.26. The third-order valence-corrected chi connectivity index (χ3v) is 4.63. The standard InChI is InChI=1S/C18H21N3O4S/c1-11(18(24)25)21(9-8-19-12(2)22)17(23)15-6-4-14(5-7-15)16-10-26-13(3)20-16/h4-7,10-11H,8-9H2,1-3H3,(H,19,22)(H,24,25). The minimum atomic E-state index is -1.10. The zero-order valence-electron chi connectivity index (χ0n) is 14.9. The number of nitrogens with one attached hydrogen (secondary N) is 1. The Morgan fingerprint density at radius 2 is 1.92 bits per heavy atom. The monoisotopic (exact) mass is 375 g/mol. The fourth-order valence-corrected chi connectivity index (χ4v) is 3.02. The van der Waals surface area contributed by atoms with Gasteiger partial charge >= 0.3 is 5.97 Å². The number of carboxylic acids is 1. The summed E-state index contributed by atoms with van der Waals surface area (Å²) in [4.78, 5) is 40.7. The molecular weight excluding hydrogens is 354 g/mol. The molecular formula is C18H21N3O4S. The smallest absolute Gasteiger partial charge is 0.326 e. The molecule has 0 aliphatic heterocycles. The molecule has 1 unspecified atom stereocenters. The number of nitrogens with zero attached hydrogens (tertiary/aromatic N) is 2. The second kappa shape index (κ2) is 8.57. The average molecular weight is 375 g/mol. The lowest BCUT2D eigenvalue weighted by Crippen LogP contribution is -2.46. The van der Waals surface area contributed by atoms with Crippen LogP contribution in [-0.4, -0.2) is 51.9 Å². The van der Waals surface area contributed by atoms with E-state index in [0.29, 0.717) is 5.56 Å². The summed E-state index contributed by atoms with van der Waals surface area (Å²) in [5.41, 5.74) is 2.12. The molecule has 0 saturated carbocycles. The molecule has 1 atom stereocenters. The van der Waals surface area contributed by atoms with E-state index in [2.05, 4.69) is 10.3 Å². The van der Waals surface area contributed by atoms with Crippen molar-refractivity contribution in [2.75, 3.05) is 13.1 Å². The van der Waals surface area contributed by atoms with Gasteiger partial charge in [0.15, 0.2) is 0 Å². The van der Waals surface area contributed by atoms with Crippen LogP contribution in [0, 0.1) is 6.92 Å². The average Bonchev–Trinajstić information content (AvgIpc) is 3.04. The minimum absolute atomic E-state index is 0.110. The molecule has 7 nitrogen and oxygen atoms in total. The lowest BCUT2D eigenvalue weighted by molar-refractivity contribution is -0.141. The molecule has 1 aromatic carbocycles. The molecule has 0 bridgehead atoms. The summed E-state index contributed by atoms with van der Waals surface area (Å²) < 4.78 is 0. The van der Waals surface area contributed by atoms with Crippen molar-refractivity contribution in [3.05, 3.63) is 40.2 Å². The van der Waals surface area contributed by atoms with Crippen LogP contribution in [0.2, 0.25) is 0 Å². The van der Waals surface area contributed by atoms with E-state index in [1.807, 2.05) is 12.3 Å². The summed E-state index contributed by atoms with van der Waals surface area (Å²) in [6.07, 6.45) is 0. The van der Waals surface area contributed by atoms with Gasteiger partial charge in [0, 0.05) is 36.5 Å². The molecule has 1 heterocycles. The Kier molecular flexibility index (Phi) is 6.46. The maximum atomic E-state index is 12.8. The molecule has 0 spiro atoms. The number of thiazole rings is 1. The van der Waals surface area contributed by atoms with Gasteiger partial charge in [-0.1, -0.05) is 12.1 Å². The molecule has 0 saturated heterocycles. The topological polar surface area (TPSA) is 99.6 Å². The first-order valence-electron chi connectivity index (χ1n) is 8.10. The summed E-state index contributed by atoms with van der Waals surface area (Å²) in [5, 5.41) is 14.7. The van der Waals surface area contributed by atoms with Crippen LogP contribution in [0.3, 0.4) is 0 Å². The van der Waals surface area contributed by atoms with Crippen LogP contribution in [0.25, 0.3) is 11.3 Å². The Balaban J connectivity index is 2.18. The second-order valence-corrected chi connectivity index (χ2v) is 6.89. The SMILES string of the molecule is CC(=O)NCCN(C(=O)c1ccc(-c2csc(C)n2)cc1)C(C)C(=O)O. The van der Waals surface area contributed by atoms with E-state index in [9.17, 15) is 19.5 Å². The van der Waals surface area contributed by atoms with Crippen LogP contribution in [0.4, 0.5) is 0 Å². The van der Waals surface area contributed by atoms with Gasteiger partial charge in [0.25, 0.3) is 5.91 Å². The van der Waals surface area contributed by atoms with E-state index in [4.69, 9.17) is 0 Å². The van der Waals surface area contributed by atoms with Gasteiger partial charge in [0.1, 0.15) is 6.04 Å². The van der Waals surface area contributed by atoms with Crippen LogP contribution in [-0.2, 0) is 9.59 Å². The molecule has 1 aromatic heterocycles. The molecule has 0 fully saturated rings. The third-order valence-electron chi connectivity index (χ3n) is 3.86. The van der Waals surface area contributed by atoms with Crippen molar-refractivity contribution in [2.45, 2.75) is 26.8 Å². The summed E-state index contributed by atoms with van der Waals surface area (Å²) in [7, 11) is 0. The Hall–Kier alpha value is -2.74. The van der Waals surface area contributed by atoms with E-state index < -0.39 is 17.9 Å². The fourth-order valence-electron chi connectivity index (χ4n) is 2.40. The number of aryl methyl sites for hydroxylation is 1. The molecule has 8 heteroatoms. The first-order chi connectivity index (χ1) is 12.3. The van der Waals surface area contributed by atoms with Crippen LogP contribution in [0.5, 0.6) is 0 Å². The lowest BCUT2D eigenvalue weighted by atomic mass is 10.1. The van der Waals surface area contributed by atoms with E-state index in [1.54, 1.807) is 35.6 Å². The molecule has 0 radical (unpaired) electrons. The number of aliphatic carboxylic acids is 1. The number of rotatable bonds is 7. The van der Waals surface area contributed by atoms with Gasteiger partial charge < -0.3 is 15.3 Å². The first-order valence-corrected chi connectivity index (χ1v) is 8.98. The number of carboxylic acid groups (broad SMARTS) is 1. The quantitative estimate of drug-likeness (QED) is 0.773. The summed E-state index contributed by atoms with van der Waals surface area (Å²) in [5.74, 6) is -1.73. The summed E-state index contributed by atoms with van der Waals surface area (Å²) >= 11 is 1.55. The molecule has 2 amide bonds. The maximum absolute atomic E-state index is 12.8. The normalized spacial score (nSPS) is 11.7. The van der Waals surface area contributed by atoms with Gasteiger partial charge in [0.2, 0.25) is 5.91 Å². The predicted molar refractivity (Wildman–Crippen MR) is 99.1 cm³/mol. The highest BCUT2D eigenvalue weighted by molar-refractivity contribution is 7.09. The van der Waals surface area contributed by atoms with Crippen molar-refractivity contribution < 1.29 is 19.5 Å². The van der Waals surface area contributed by atoms with Crippen LogP contribution < -0.4 is 5.32 Å². The largest absolute Gasteiger partial charge is 0.480 e. The van der Waals surface area contributed by atoms with Gasteiger partial charge in [-0.2, -0.15) is 0 Å². The molecule has 0 aliphatic rings. The van der Waals surface area contributed by atoms with E-state index in [1.165, 1.54) is 18.7 Å². The molecule has 2 N–H and O–H groups in total. The maximum Gasteiger partial charge on any atom is 0.326 e. The van der Waals surface area contributed by atoms with Crippen molar-refractivity contribution in [3.8, 4) is 11.3 Å². The Labute approximate surface area is 155 Å². The van der Waals surface area contributed by atoms with Gasteiger partial charge in [-0.25, -0.2) is 9.78 Å². The van der Waals surface area contributed by atoms with Gasteiger partial charge in [0.05, 0.1) is 10.7 Å². The molecule has 0 aliphatic carbocycles. The molecule has 26 heavy (non-hydrogen) atoms. The zero-order valence-corrected chi connectivity index (χ0v) is 15.7. The van der Waals surface area contributed by atoms with E-state index in [-0.39, 0.29) is 19.0 Å². The fraction of sp³-hybridized carbons (Fsp3) is 0.333. The third kappa shape index (κ3) is 4.89. The van der Waals surface area contributed by atoms with Gasteiger partial charge in [-0.3, -0.25) is 9.59 Å². The first kappa shape index (κ1) is 19.6. The number of amides is 2. The Morgan fingerprint density at radius 1 is 1.27 bits per heavy atom. The van der Waals surface area contributed by atoms with Crippen molar-refractivity contribution in [3.63, 3.8) is 0 Å². The number of aromatic nitrogens is 1. The summed E-state index contributed by atoms with van der Waals surface area (Å²) in [6.45, 7) is 5.03. The highest BCUT2D eigenvalue weighted by Crippen LogP contribution is 2.22. The van der Waals surface area contributed by atoms with Crippen molar-refractivity contribution >= 4 is 29.1 Å². The van der Waals surface area contributed by atoms with Gasteiger partial charge in [-0.05, 0) is 26.0 Å². The highest BCUT2D eigenvalue weighted by atomic mass is 32.1. The highest BCUT2D eigenvalue weighted by Gasteiger charge is 2.26. The second-order valence-electron chi connectivity index (χ2n) is 5.82. The van der Waals surface area contributed by atoms with Gasteiger partial charge in [-0.15, -0.1) is 11.3 Å². The molecule has 138 valence electrons.